The highest BCUT2D eigenvalue weighted by atomic mass is 79.9. The summed E-state index contributed by atoms with van der Waals surface area (Å²) < 4.78 is 39.2. The van der Waals surface area contributed by atoms with Gasteiger partial charge in [-0.25, -0.2) is 13.2 Å². The maximum atomic E-state index is 12.6. The highest BCUT2D eigenvalue weighted by Gasteiger charge is 2.23. The van der Waals surface area contributed by atoms with E-state index in [1.807, 2.05) is 0 Å². The number of hydrogen-bond donors (Lipinski definition) is 1. The van der Waals surface area contributed by atoms with Crippen LogP contribution >= 0.6 is 15.9 Å². The standard InChI is InChI=1S/C15H18BrN3O5S/c1-15(2,3)24-14(20)19-8-7-13(17-19)18-25(21,22)12-9-10(16)5-6-11(12)23-4/h5-9H,1-4H3,(H,17,18). The molecule has 2 aromatic rings. The van der Waals surface area contributed by atoms with Gasteiger partial charge in [-0.2, -0.15) is 4.68 Å². The van der Waals surface area contributed by atoms with Crippen LogP contribution in [0.2, 0.25) is 0 Å². The number of nitrogens with zero attached hydrogens (tertiary/aromatic N) is 2. The Morgan fingerprint density at radius 3 is 2.56 bits per heavy atom. The average Bonchev–Trinajstić information content (AvgIpc) is 2.93. The lowest BCUT2D eigenvalue weighted by Gasteiger charge is -2.18. The van der Waals surface area contributed by atoms with Crippen LogP contribution in [0.25, 0.3) is 0 Å². The van der Waals surface area contributed by atoms with Crippen molar-refractivity contribution >= 4 is 37.9 Å². The van der Waals surface area contributed by atoms with Crippen LogP contribution in [0.1, 0.15) is 20.8 Å². The van der Waals surface area contributed by atoms with Gasteiger partial charge in [-0.05, 0) is 39.0 Å². The molecule has 0 saturated heterocycles. The van der Waals surface area contributed by atoms with E-state index in [1.165, 1.54) is 31.5 Å². The monoisotopic (exact) mass is 431 g/mol. The molecule has 1 aromatic heterocycles. The Balaban J connectivity index is 2.25. The highest BCUT2D eigenvalue weighted by Crippen LogP contribution is 2.28. The molecular weight excluding hydrogens is 414 g/mol. The van der Waals surface area contributed by atoms with Gasteiger partial charge in [-0.15, -0.1) is 5.10 Å². The van der Waals surface area contributed by atoms with Gasteiger partial charge in [-0.3, -0.25) is 4.72 Å². The Hall–Kier alpha value is -2.07. The van der Waals surface area contributed by atoms with E-state index < -0.39 is 21.7 Å². The number of hydrogen-bond acceptors (Lipinski definition) is 6. The molecular formula is C15H18BrN3O5S. The predicted octanol–water partition coefficient (Wildman–Crippen LogP) is 3.24. The lowest BCUT2D eigenvalue weighted by Crippen LogP contribution is -2.27. The van der Waals surface area contributed by atoms with E-state index in [1.54, 1.807) is 26.8 Å². The smallest absolute Gasteiger partial charge is 0.435 e. The van der Waals surface area contributed by atoms with Crippen LogP contribution in [0.3, 0.4) is 0 Å². The van der Waals surface area contributed by atoms with E-state index in [9.17, 15) is 13.2 Å². The Kier molecular flexibility index (Phi) is 5.43. The van der Waals surface area contributed by atoms with Crippen molar-refractivity contribution in [1.82, 2.24) is 9.78 Å². The number of halogens is 1. The van der Waals surface area contributed by atoms with E-state index in [-0.39, 0.29) is 16.5 Å². The number of anilines is 1. The van der Waals surface area contributed by atoms with Gasteiger partial charge in [0.15, 0.2) is 5.82 Å². The first kappa shape index (κ1) is 19.3. The fourth-order valence-electron chi connectivity index (χ4n) is 1.84. The second-order valence-electron chi connectivity index (χ2n) is 6.03. The number of ether oxygens (including phenoxy) is 2. The van der Waals surface area contributed by atoms with Gasteiger partial charge in [0.2, 0.25) is 0 Å². The number of benzene rings is 1. The Bertz CT molecular complexity index is 887. The Morgan fingerprint density at radius 1 is 1.28 bits per heavy atom. The van der Waals surface area contributed by atoms with Crippen LogP contribution < -0.4 is 9.46 Å². The van der Waals surface area contributed by atoms with Gasteiger partial charge in [-0.1, -0.05) is 15.9 Å². The Morgan fingerprint density at radius 2 is 1.96 bits per heavy atom. The van der Waals surface area contributed by atoms with Crippen LogP contribution in [0.15, 0.2) is 39.8 Å². The number of methoxy groups -OCH3 is 1. The Labute approximate surface area is 154 Å². The molecule has 1 aromatic carbocycles. The molecule has 0 amide bonds. The molecule has 10 heteroatoms. The fourth-order valence-corrected chi connectivity index (χ4v) is 3.55. The molecule has 1 heterocycles. The van der Waals surface area contributed by atoms with Crippen molar-refractivity contribution in [3.8, 4) is 5.75 Å². The zero-order chi connectivity index (χ0) is 18.8. The molecule has 0 saturated carbocycles. The van der Waals surface area contributed by atoms with Crippen molar-refractivity contribution < 1.29 is 22.7 Å². The van der Waals surface area contributed by atoms with Crippen LogP contribution in [0.5, 0.6) is 5.75 Å². The van der Waals surface area contributed by atoms with E-state index >= 15 is 0 Å². The van der Waals surface area contributed by atoms with Gasteiger partial charge in [0, 0.05) is 16.7 Å². The van der Waals surface area contributed by atoms with Crippen LogP contribution in [-0.4, -0.2) is 37.0 Å². The first-order valence-corrected chi connectivity index (χ1v) is 9.45. The summed E-state index contributed by atoms with van der Waals surface area (Å²) in [4.78, 5) is 11.9. The van der Waals surface area contributed by atoms with Crippen molar-refractivity contribution in [1.29, 1.82) is 0 Å². The van der Waals surface area contributed by atoms with Crippen molar-refractivity contribution in [2.75, 3.05) is 11.8 Å². The molecule has 8 nitrogen and oxygen atoms in total. The summed E-state index contributed by atoms with van der Waals surface area (Å²) in [7, 11) is -2.58. The van der Waals surface area contributed by atoms with Crippen LogP contribution in [-0.2, 0) is 14.8 Å². The topological polar surface area (TPSA) is 99.5 Å². The second-order valence-corrected chi connectivity index (χ2v) is 8.59. The normalized spacial score (nSPS) is 11.9. The lowest BCUT2D eigenvalue weighted by molar-refractivity contribution is 0.0515. The molecule has 0 bridgehead atoms. The van der Waals surface area contributed by atoms with Crippen molar-refractivity contribution in [3.63, 3.8) is 0 Å². The zero-order valence-corrected chi connectivity index (χ0v) is 16.5. The molecule has 2 rings (SSSR count). The third kappa shape index (κ3) is 4.95. The maximum Gasteiger partial charge on any atom is 0.435 e. The van der Waals surface area contributed by atoms with Gasteiger partial charge in [0.25, 0.3) is 10.0 Å². The number of carbonyl (C=O) groups excluding carboxylic acids is 1. The minimum absolute atomic E-state index is 0.0205. The molecule has 25 heavy (non-hydrogen) atoms. The van der Waals surface area contributed by atoms with Crippen LogP contribution in [0, 0.1) is 0 Å². The minimum Gasteiger partial charge on any atom is -0.495 e. The first-order valence-electron chi connectivity index (χ1n) is 7.17. The molecule has 0 atom stereocenters. The number of aromatic nitrogens is 2. The maximum absolute atomic E-state index is 12.6. The number of rotatable bonds is 4. The number of sulfonamides is 1. The molecule has 136 valence electrons. The number of nitrogens with one attached hydrogen (secondary N) is 1. The average molecular weight is 432 g/mol. The molecule has 0 radical (unpaired) electrons. The van der Waals surface area contributed by atoms with Gasteiger partial charge in [0.1, 0.15) is 16.2 Å². The molecule has 0 aliphatic carbocycles. The highest BCUT2D eigenvalue weighted by molar-refractivity contribution is 9.10. The van der Waals surface area contributed by atoms with E-state index in [0.29, 0.717) is 4.47 Å². The summed E-state index contributed by atoms with van der Waals surface area (Å²) in [6, 6.07) is 5.95. The van der Waals surface area contributed by atoms with Crippen LogP contribution in [0.4, 0.5) is 10.6 Å². The number of carbonyl (C=O) groups is 1. The molecule has 0 spiro atoms. The molecule has 0 fully saturated rings. The predicted molar refractivity (Wildman–Crippen MR) is 95.4 cm³/mol. The van der Waals surface area contributed by atoms with Gasteiger partial charge in [0.05, 0.1) is 7.11 Å². The second kappa shape index (κ2) is 7.04. The van der Waals surface area contributed by atoms with Crippen molar-refractivity contribution in [2.45, 2.75) is 31.3 Å². The molecule has 0 aliphatic heterocycles. The van der Waals surface area contributed by atoms with Crippen molar-refractivity contribution in [3.05, 3.63) is 34.9 Å². The molecule has 0 unspecified atom stereocenters. The van der Waals surface area contributed by atoms with E-state index in [2.05, 4.69) is 25.8 Å². The van der Waals surface area contributed by atoms with E-state index in [4.69, 9.17) is 9.47 Å². The quantitative estimate of drug-likeness (QED) is 0.797. The summed E-state index contributed by atoms with van der Waals surface area (Å²) in [5.41, 5.74) is -0.688. The molecule has 1 N–H and O–H groups in total. The van der Waals surface area contributed by atoms with E-state index in [0.717, 1.165) is 4.68 Å². The van der Waals surface area contributed by atoms with Crippen molar-refractivity contribution in [2.24, 2.45) is 0 Å². The summed E-state index contributed by atoms with van der Waals surface area (Å²) in [5, 5.41) is 3.88. The zero-order valence-electron chi connectivity index (χ0n) is 14.1. The SMILES string of the molecule is COc1ccc(Br)cc1S(=O)(=O)Nc1ccn(C(=O)OC(C)(C)C)n1. The summed E-state index contributed by atoms with van der Waals surface area (Å²) in [6.45, 7) is 5.16. The minimum atomic E-state index is -3.96. The molecule has 0 aliphatic rings. The summed E-state index contributed by atoms with van der Waals surface area (Å²) >= 11 is 3.23. The summed E-state index contributed by atoms with van der Waals surface area (Å²) in [5.74, 6) is 0.162. The van der Waals surface area contributed by atoms with Gasteiger partial charge < -0.3 is 9.47 Å². The van der Waals surface area contributed by atoms with Gasteiger partial charge >= 0.3 is 6.09 Å². The third-order valence-electron chi connectivity index (χ3n) is 2.82. The summed E-state index contributed by atoms with van der Waals surface area (Å²) in [6.07, 6.45) is 0.599. The fraction of sp³-hybridized carbons (Fsp3) is 0.333. The lowest BCUT2D eigenvalue weighted by atomic mass is 10.2. The largest absolute Gasteiger partial charge is 0.495 e. The first-order chi connectivity index (χ1) is 11.5. The third-order valence-corrected chi connectivity index (χ3v) is 4.69.